The first-order valence-electron chi connectivity index (χ1n) is 3.50. The van der Waals surface area contributed by atoms with E-state index in [1.807, 2.05) is 0 Å². The molecule has 0 atom stereocenters. The minimum atomic E-state index is 0.251. The van der Waals surface area contributed by atoms with Crippen molar-refractivity contribution >= 4 is 5.84 Å². The van der Waals surface area contributed by atoms with Crippen molar-refractivity contribution in [3.63, 3.8) is 0 Å². The molecule has 0 aliphatic heterocycles. The molecule has 0 spiro atoms. The topological polar surface area (TPSA) is 70.6 Å². The van der Waals surface area contributed by atoms with Crippen molar-refractivity contribution in [2.24, 2.45) is 16.8 Å². The molecule has 1 aliphatic carbocycles. The van der Waals surface area contributed by atoms with Crippen molar-refractivity contribution in [1.29, 1.82) is 0 Å². The highest BCUT2D eigenvalue weighted by Gasteiger charge is 2.20. The number of nitrogens with two attached hydrogens (primary N) is 1. The van der Waals surface area contributed by atoms with Gasteiger partial charge in [0.25, 0.3) is 0 Å². The molecule has 0 radical (unpaired) electrons. The van der Waals surface area contributed by atoms with Crippen LogP contribution >= 0.6 is 0 Å². The van der Waals surface area contributed by atoms with E-state index in [4.69, 9.17) is 10.9 Å². The molecule has 4 heteroatoms. The molecular formula is C6H13N3O. The van der Waals surface area contributed by atoms with Crippen LogP contribution in [0.2, 0.25) is 0 Å². The Morgan fingerprint density at radius 3 is 2.90 bits per heavy atom. The molecule has 0 aromatic carbocycles. The molecule has 0 amide bonds. The van der Waals surface area contributed by atoms with Gasteiger partial charge in [0, 0.05) is 0 Å². The second kappa shape index (κ2) is 3.41. The highest BCUT2D eigenvalue weighted by Crippen LogP contribution is 2.27. The third kappa shape index (κ3) is 2.68. The Hall–Kier alpha value is -0.770. The van der Waals surface area contributed by atoms with Crippen LogP contribution in [0.15, 0.2) is 5.16 Å². The average molecular weight is 143 g/mol. The Morgan fingerprint density at radius 2 is 2.40 bits per heavy atom. The number of nitrogens with zero attached hydrogens (tertiary/aromatic N) is 1. The lowest BCUT2D eigenvalue weighted by molar-refractivity contribution is 0.317. The van der Waals surface area contributed by atoms with Gasteiger partial charge in [-0.15, -0.1) is 0 Å². The molecule has 4 N–H and O–H groups in total. The van der Waals surface area contributed by atoms with E-state index < -0.39 is 0 Å². The van der Waals surface area contributed by atoms with Crippen LogP contribution in [-0.2, 0) is 0 Å². The van der Waals surface area contributed by atoms with Gasteiger partial charge in [-0.05, 0) is 25.3 Å². The number of oxime groups is 1. The van der Waals surface area contributed by atoms with Crippen molar-refractivity contribution in [3.05, 3.63) is 0 Å². The van der Waals surface area contributed by atoms with E-state index in [0.717, 1.165) is 12.5 Å². The SMILES string of the molecule is NC(CNCC1CC1)=NO. The number of hydrogen-bond donors (Lipinski definition) is 3. The fraction of sp³-hybridized carbons (Fsp3) is 0.833. The lowest BCUT2D eigenvalue weighted by Gasteiger charge is -1.99. The first-order chi connectivity index (χ1) is 4.83. The van der Waals surface area contributed by atoms with Gasteiger partial charge in [0.1, 0.15) is 0 Å². The van der Waals surface area contributed by atoms with Crippen LogP contribution in [0, 0.1) is 5.92 Å². The minimum Gasteiger partial charge on any atom is -0.409 e. The van der Waals surface area contributed by atoms with Gasteiger partial charge < -0.3 is 16.3 Å². The van der Waals surface area contributed by atoms with Crippen molar-refractivity contribution < 1.29 is 5.21 Å². The highest BCUT2D eigenvalue weighted by atomic mass is 16.4. The van der Waals surface area contributed by atoms with Crippen LogP contribution in [-0.4, -0.2) is 24.1 Å². The van der Waals surface area contributed by atoms with Gasteiger partial charge in [-0.25, -0.2) is 0 Å². The third-order valence-electron chi connectivity index (χ3n) is 1.56. The van der Waals surface area contributed by atoms with Gasteiger partial charge >= 0.3 is 0 Å². The highest BCUT2D eigenvalue weighted by molar-refractivity contribution is 5.81. The van der Waals surface area contributed by atoms with E-state index in [0.29, 0.717) is 6.54 Å². The number of amidine groups is 1. The summed E-state index contributed by atoms with van der Waals surface area (Å²) in [5, 5.41) is 14.1. The normalized spacial score (nSPS) is 19.4. The zero-order valence-corrected chi connectivity index (χ0v) is 5.88. The fourth-order valence-corrected chi connectivity index (χ4v) is 0.762. The van der Waals surface area contributed by atoms with E-state index >= 15 is 0 Å². The standard InChI is InChI=1S/C6H13N3O/c7-6(9-10)4-8-3-5-1-2-5/h5,8,10H,1-4H2,(H2,7,9). The first kappa shape index (κ1) is 7.34. The maximum atomic E-state index is 8.14. The van der Waals surface area contributed by atoms with Crippen LogP contribution in [0.25, 0.3) is 0 Å². The summed E-state index contributed by atoms with van der Waals surface area (Å²) >= 11 is 0. The zero-order chi connectivity index (χ0) is 7.40. The van der Waals surface area contributed by atoms with Crippen LogP contribution in [0.1, 0.15) is 12.8 Å². The predicted molar refractivity (Wildman–Crippen MR) is 39.0 cm³/mol. The summed E-state index contributed by atoms with van der Waals surface area (Å²) in [6.45, 7) is 1.49. The van der Waals surface area contributed by atoms with E-state index in [1.165, 1.54) is 12.8 Å². The zero-order valence-electron chi connectivity index (χ0n) is 5.88. The Balaban J connectivity index is 1.93. The largest absolute Gasteiger partial charge is 0.409 e. The Bertz CT molecular complexity index is 131. The Labute approximate surface area is 60.1 Å². The minimum absolute atomic E-state index is 0.251. The van der Waals surface area contributed by atoms with Crippen molar-refractivity contribution in [3.8, 4) is 0 Å². The summed E-state index contributed by atoms with van der Waals surface area (Å²) < 4.78 is 0. The average Bonchev–Trinajstić information content (AvgIpc) is 2.71. The quantitative estimate of drug-likeness (QED) is 0.219. The second-order valence-corrected chi connectivity index (χ2v) is 2.67. The van der Waals surface area contributed by atoms with Crippen LogP contribution in [0.5, 0.6) is 0 Å². The maximum absolute atomic E-state index is 8.14. The molecular weight excluding hydrogens is 130 g/mol. The molecule has 1 rings (SSSR count). The van der Waals surface area contributed by atoms with E-state index in [9.17, 15) is 0 Å². The molecule has 0 heterocycles. The molecule has 0 aromatic rings. The summed E-state index contributed by atoms with van der Waals surface area (Å²) in [5.74, 6) is 1.09. The molecule has 0 unspecified atom stereocenters. The fourth-order valence-electron chi connectivity index (χ4n) is 0.762. The summed E-state index contributed by atoms with van der Waals surface area (Å²) in [4.78, 5) is 0. The van der Waals surface area contributed by atoms with Gasteiger partial charge in [0.05, 0.1) is 6.54 Å². The van der Waals surface area contributed by atoms with E-state index in [2.05, 4.69) is 10.5 Å². The van der Waals surface area contributed by atoms with Crippen LogP contribution in [0.3, 0.4) is 0 Å². The third-order valence-corrected chi connectivity index (χ3v) is 1.56. The molecule has 4 nitrogen and oxygen atoms in total. The van der Waals surface area contributed by atoms with Crippen molar-refractivity contribution in [2.45, 2.75) is 12.8 Å². The van der Waals surface area contributed by atoms with Gasteiger partial charge in [-0.1, -0.05) is 5.16 Å². The molecule has 0 saturated heterocycles. The monoisotopic (exact) mass is 143 g/mol. The lowest BCUT2D eigenvalue weighted by Crippen LogP contribution is -2.30. The van der Waals surface area contributed by atoms with Gasteiger partial charge in [0.2, 0.25) is 0 Å². The molecule has 0 aromatic heterocycles. The second-order valence-electron chi connectivity index (χ2n) is 2.67. The lowest BCUT2D eigenvalue weighted by atomic mass is 10.4. The summed E-state index contributed by atoms with van der Waals surface area (Å²) in [6.07, 6.45) is 2.65. The van der Waals surface area contributed by atoms with Crippen molar-refractivity contribution in [1.82, 2.24) is 5.32 Å². The van der Waals surface area contributed by atoms with E-state index in [-0.39, 0.29) is 5.84 Å². The summed E-state index contributed by atoms with van der Waals surface area (Å²) in [7, 11) is 0. The summed E-state index contributed by atoms with van der Waals surface area (Å²) in [5.41, 5.74) is 5.22. The number of rotatable bonds is 4. The van der Waals surface area contributed by atoms with E-state index in [1.54, 1.807) is 0 Å². The predicted octanol–water partition coefficient (Wildman–Crippen LogP) is -0.268. The van der Waals surface area contributed by atoms with Crippen molar-refractivity contribution in [2.75, 3.05) is 13.1 Å². The van der Waals surface area contributed by atoms with Crippen LogP contribution < -0.4 is 11.1 Å². The Morgan fingerprint density at radius 1 is 1.70 bits per heavy atom. The molecule has 1 aliphatic rings. The van der Waals surface area contributed by atoms with Gasteiger partial charge in [-0.3, -0.25) is 0 Å². The van der Waals surface area contributed by atoms with Crippen LogP contribution in [0.4, 0.5) is 0 Å². The van der Waals surface area contributed by atoms with Gasteiger partial charge in [0.15, 0.2) is 5.84 Å². The molecule has 10 heavy (non-hydrogen) atoms. The smallest absolute Gasteiger partial charge is 0.153 e. The van der Waals surface area contributed by atoms with Gasteiger partial charge in [-0.2, -0.15) is 0 Å². The molecule has 1 fully saturated rings. The number of nitrogens with one attached hydrogen (secondary N) is 1. The summed E-state index contributed by atoms with van der Waals surface area (Å²) in [6, 6.07) is 0. The molecule has 0 bridgehead atoms. The molecule has 58 valence electrons. The maximum Gasteiger partial charge on any atom is 0.153 e. The number of hydrogen-bond acceptors (Lipinski definition) is 3. The Kier molecular flexibility index (Phi) is 2.50. The first-order valence-corrected chi connectivity index (χ1v) is 3.50. The molecule has 1 saturated carbocycles.